The van der Waals surface area contributed by atoms with E-state index in [1.54, 1.807) is 0 Å². The molecule has 136 valence electrons. The highest BCUT2D eigenvalue weighted by atomic mass is 127. The van der Waals surface area contributed by atoms with Crippen molar-refractivity contribution in [3.63, 3.8) is 0 Å². The molecule has 0 aliphatic carbocycles. The van der Waals surface area contributed by atoms with Crippen LogP contribution in [0.4, 0.5) is 0 Å². The van der Waals surface area contributed by atoms with Crippen LogP contribution in [0.3, 0.4) is 0 Å². The van der Waals surface area contributed by atoms with Crippen molar-refractivity contribution in [3.8, 4) is 0 Å². The average Bonchev–Trinajstić information content (AvgIpc) is 2.94. The number of unbranched alkanes of at least 4 members (excludes halogenated alkanes) is 1. The first kappa shape index (κ1) is 21.0. The number of rotatable bonds is 6. The summed E-state index contributed by atoms with van der Waals surface area (Å²) in [6.45, 7) is 10.4. The minimum atomic E-state index is -0.190. The number of aliphatic imine (C=N–C) groups is 1. The Kier molecular flexibility index (Phi) is 10.5. The fourth-order valence-electron chi connectivity index (χ4n) is 3.46. The lowest BCUT2D eigenvalue weighted by atomic mass is 10.0. The van der Waals surface area contributed by atoms with Crippen LogP contribution in [-0.2, 0) is 0 Å². The van der Waals surface area contributed by atoms with Crippen LogP contribution in [-0.4, -0.2) is 72.3 Å². The lowest BCUT2D eigenvalue weighted by Gasteiger charge is -2.33. The Morgan fingerprint density at radius 1 is 1.22 bits per heavy atom. The molecule has 2 atom stereocenters. The van der Waals surface area contributed by atoms with Gasteiger partial charge in [0, 0.05) is 32.2 Å². The predicted octanol–water partition coefficient (Wildman–Crippen LogP) is 2.29. The Balaban J connectivity index is 0.00000264. The van der Waals surface area contributed by atoms with Gasteiger partial charge in [-0.1, -0.05) is 6.42 Å². The molecule has 2 rings (SSSR count). The van der Waals surface area contributed by atoms with Gasteiger partial charge in [-0.05, 0) is 59.0 Å². The number of piperidine rings is 1. The first-order valence-corrected chi connectivity index (χ1v) is 9.16. The standard InChI is InChI=1S/C17H34N4O.HI/c1-3-18-17(21-13-9-16(22)14-21)19-10-5-7-12-20-11-6-4-8-15(20)2;/h15-16,22H,3-14H2,1-2H3,(H,18,19);1H/t15?,16-;/m1./s1. The fraction of sp³-hybridized carbons (Fsp3) is 0.941. The molecule has 2 aliphatic rings. The molecule has 0 aromatic rings. The highest BCUT2D eigenvalue weighted by molar-refractivity contribution is 14.0. The van der Waals surface area contributed by atoms with Gasteiger partial charge in [0.15, 0.2) is 5.96 Å². The van der Waals surface area contributed by atoms with Gasteiger partial charge < -0.3 is 20.2 Å². The molecular formula is C17H35IN4O. The topological polar surface area (TPSA) is 51.1 Å². The molecule has 0 spiro atoms. The van der Waals surface area contributed by atoms with Crippen molar-refractivity contribution in [2.45, 2.75) is 64.5 Å². The van der Waals surface area contributed by atoms with Crippen molar-refractivity contribution in [1.29, 1.82) is 0 Å². The van der Waals surface area contributed by atoms with E-state index in [0.717, 1.165) is 51.0 Å². The third kappa shape index (κ3) is 7.13. The number of β-amino-alcohol motifs (C(OH)–C–C–N with tert-alkyl or cyclic N) is 1. The molecule has 5 nitrogen and oxygen atoms in total. The van der Waals surface area contributed by atoms with E-state index >= 15 is 0 Å². The lowest BCUT2D eigenvalue weighted by molar-refractivity contribution is 0.158. The zero-order chi connectivity index (χ0) is 15.8. The van der Waals surface area contributed by atoms with Crippen molar-refractivity contribution in [1.82, 2.24) is 15.1 Å². The number of aliphatic hydroxyl groups is 1. The minimum Gasteiger partial charge on any atom is -0.391 e. The van der Waals surface area contributed by atoms with Gasteiger partial charge in [0.05, 0.1) is 6.10 Å². The smallest absolute Gasteiger partial charge is 0.194 e. The van der Waals surface area contributed by atoms with Crippen LogP contribution in [0.15, 0.2) is 4.99 Å². The predicted molar refractivity (Wildman–Crippen MR) is 108 cm³/mol. The zero-order valence-electron chi connectivity index (χ0n) is 14.8. The Labute approximate surface area is 158 Å². The van der Waals surface area contributed by atoms with E-state index in [4.69, 9.17) is 4.99 Å². The Bertz CT molecular complexity index is 353. The summed E-state index contributed by atoms with van der Waals surface area (Å²) >= 11 is 0. The Morgan fingerprint density at radius 2 is 2.04 bits per heavy atom. The van der Waals surface area contributed by atoms with Crippen LogP contribution in [0, 0.1) is 0 Å². The summed E-state index contributed by atoms with van der Waals surface area (Å²) < 4.78 is 0. The van der Waals surface area contributed by atoms with E-state index in [9.17, 15) is 5.11 Å². The van der Waals surface area contributed by atoms with Crippen molar-refractivity contribution >= 4 is 29.9 Å². The van der Waals surface area contributed by atoms with Crippen LogP contribution in [0.25, 0.3) is 0 Å². The largest absolute Gasteiger partial charge is 0.391 e. The monoisotopic (exact) mass is 438 g/mol. The van der Waals surface area contributed by atoms with Crippen molar-refractivity contribution in [2.24, 2.45) is 4.99 Å². The van der Waals surface area contributed by atoms with Gasteiger partial charge in [0.2, 0.25) is 0 Å². The van der Waals surface area contributed by atoms with Crippen LogP contribution in [0.2, 0.25) is 0 Å². The summed E-state index contributed by atoms with van der Waals surface area (Å²) in [6, 6.07) is 0.764. The Hall–Kier alpha value is -0.0800. The molecule has 0 aromatic heterocycles. The number of guanidine groups is 1. The van der Waals surface area contributed by atoms with Gasteiger partial charge in [0.25, 0.3) is 0 Å². The quantitative estimate of drug-likeness (QED) is 0.289. The SMILES string of the molecule is CCNC(=NCCCCN1CCCCC1C)N1CC[C@@H](O)C1.I. The summed E-state index contributed by atoms with van der Waals surface area (Å²) in [5.74, 6) is 0.977. The van der Waals surface area contributed by atoms with Crippen LogP contribution in [0.5, 0.6) is 0 Å². The zero-order valence-corrected chi connectivity index (χ0v) is 17.2. The molecular weight excluding hydrogens is 403 g/mol. The minimum absolute atomic E-state index is 0. The third-order valence-electron chi connectivity index (χ3n) is 4.85. The molecule has 23 heavy (non-hydrogen) atoms. The van der Waals surface area contributed by atoms with Crippen LogP contribution < -0.4 is 5.32 Å². The van der Waals surface area contributed by atoms with Gasteiger partial charge in [-0.2, -0.15) is 0 Å². The Morgan fingerprint density at radius 3 is 2.70 bits per heavy atom. The molecule has 2 fully saturated rings. The summed E-state index contributed by atoms with van der Waals surface area (Å²) in [7, 11) is 0. The van der Waals surface area contributed by atoms with Crippen molar-refractivity contribution < 1.29 is 5.11 Å². The summed E-state index contributed by atoms with van der Waals surface area (Å²) in [5.41, 5.74) is 0. The molecule has 0 aromatic carbocycles. The van der Waals surface area contributed by atoms with Crippen LogP contribution >= 0.6 is 24.0 Å². The summed E-state index contributed by atoms with van der Waals surface area (Å²) in [5, 5.41) is 13.0. The van der Waals surface area contributed by atoms with Gasteiger partial charge in [-0.3, -0.25) is 4.99 Å². The van der Waals surface area contributed by atoms with Crippen molar-refractivity contribution in [2.75, 3.05) is 39.3 Å². The third-order valence-corrected chi connectivity index (χ3v) is 4.85. The molecule has 0 amide bonds. The molecule has 2 N–H and O–H groups in total. The molecule has 0 bridgehead atoms. The first-order chi connectivity index (χ1) is 10.7. The summed E-state index contributed by atoms with van der Waals surface area (Å²) in [4.78, 5) is 9.55. The normalized spacial score (nSPS) is 26.2. The maximum atomic E-state index is 9.67. The lowest BCUT2D eigenvalue weighted by Crippen LogP contribution is -2.40. The number of hydrogen-bond donors (Lipinski definition) is 2. The molecule has 0 radical (unpaired) electrons. The molecule has 0 saturated carbocycles. The second-order valence-electron chi connectivity index (χ2n) is 6.71. The maximum absolute atomic E-state index is 9.67. The summed E-state index contributed by atoms with van der Waals surface area (Å²) in [6.07, 6.45) is 7.17. The maximum Gasteiger partial charge on any atom is 0.194 e. The van der Waals surface area contributed by atoms with Crippen LogP contribution in [0.1, 0.15) is 52.4 Å². The molecule has 2 heterocycles. The van der Waals surface area contributed by atoms with E-state index in [-0.39, 0.29) is 30.1 Å². The van der Waals surface area contributed by atoms with Gasteiger partial charge in [-0.15, -0.1) is 24.0 Å². The molecule has 1 unspecified atom stereocenters. The molecule has 2 saturated heterocycles. The van der Waals surface area contributed by atoms with Gasteiger partial charge in [-0.25, -0.2) is 0 Å². The highest BCUT2D eigenvalue weighted by Crippen LogP contribution is 2.16. The van der Waals surface area contributed by atoms with E-state index in [1.807, 2.05) is 0 Å². The van der Waals surface area contributed by atoms with Crippen molar-refractivity contribution in [3.05, 3.63) is 0 Å². The number of likely N-dealkylation sites (tertiary alicyclic amines) is 2. The number of hydrogen-bond acceptors (Lipinski definition) is 3. The van der Waals surface area contributed by atoms with E-state index in [0.29, 0.717) is 0 Å². The van der Waals surface area contributed by atoms with Gasteiger partial charge in [0.1, 0.15) is 0 Å². The number of nitrogens with zero attached hydrogens (tertiary/aromatic N) is 3. The van der Waals surface area contributed by atoms with E-state index in [2.05, 4.69) is 29.0 Å². The highest BCUT2D eigenvalue weighted by Gasteiger charge is 2.22. The second kappa shape index (κ2) is 11.5. The average molecular weight is 438 g/mol. The number of halogens is 1. The number of nitrogens with one attached hydrogen (secondary N) is 1. The van der Waals surface area contributed by atoms with E-state index in [1.165, 1.54) is 38.8 Å². The molecule has 2 aliphatic heterocycles. The fourth-order valence-corrected chi connectivity index (χ4v) is 3.46. The first-order valence-electron chi connectivity index (χ1n) is 9.16. The van der Waals surface area contributed by atoms with E-state index < -0.39 is 0 Å². The van der Waals surface area contributed by atoms with Gasteiger partial charge >= 0.3 is 0 Å². The molecule has 6 heteroatoms. The number of aliphatic hydroxyl groups excluding tert-OH is 1. The second-order valence-corrected chi connectivity index (χ2v) is 6.71.